The van der Waals surface area contributed by atoms with E-state index in [1.54, 1.807) is 0 Å². The molecule has 0 aromatic heterocycles. The first kappa shape index (κ1) is 23.1. The van der Waals surface area contributed by atoms with Crippen molar-refractivity contribution in [1.82, 2.24) is 4.90 Å². The Morgan fingerprint density at radius 2 is 1.68 bits per heavy atom. The highest BCUT2D eigenvalue weighted by molar-refractivity contribution is 6.05. The monoisotopic (exact) mass is 439 g/mol. The van der Waals surface area contributed by atoms with E-state index in [-0.39, 0.29) is 42.3 Å². The van der Waals surface area contributed by atoms with Crippen molar-refractivity contribution < 1.29 is 27.6 Å². The standard InChI is InChI=1S/C22H28F3N3O3/c1-3-27(4-2)18-10-9-14(22(23,24)25)13-17(18)26-19(29)11-12-28-20(30)15-7-5-6-8-16(15)21(28)31/h9-10,13,15-16H,3-8,11-12H2,1-2H3,(H,26,29)/t15-,16-/m0/s1. The van der Waals surface area contributed by atoms with Crippen molar-refractivity contribution >= 4 is 29.1 Å². The van der Waals surface area contributed by atoms with Gasteiger partial charge in [-0.1, -0.05) is 12.8 Å². The number of hydrogen-bond acceptors (Lipinski definition) is 4. The molecule has 9 heteroatoms. The van der Waals surface area contributed by atoms with Crippen LogP contribution in [0.25, 0.3) is 0 Å². The van der Waals surface area contributed by atoms with E-state index in [1.807, 2.05) is 18.7 Å². The Labute approximate surface area is 179 Å². The second kappa shape index (κ2) is 9.28. The van der Waals surface area contributed by atoms with Crippen LogP contribution in [0.15, 0.2) is 18.2 Å². The molecule has 1 aliphatic heterocycles. The summed E-state index contributed by atoms with van der Waals surface area (Å²) < 4.78 is 39.5. The number of nitrogens with zero attached hydrogens (tertiary/aromatic N) is 2. The predicted octanol–water partition coefficient (Wildman–Crippen LogP) is 4.06. The molecule has 0 spiro atoms. The summed E-state index contributed by atoms with van der Waals surface area (Å²) in [5, 5.41) is 2.56. The van der Waals surface area contributed by atoms with Crippen LogP contribution in [0.3, 0.4) is 0 Å². The quantitative estimate of drug-likeness (QED) is 0.651. The Kier molecular flexibility index (Phi) is 6.91. The zero-order valence-electron chi connectivity index (χ0n) is 17.8. The molecular formula is C22H28F3N3O3. The summed E-state index contributed by atoms with van der Waals surface area (Å²) in [6.45, 7) is 4.80. The second-order valence-corrected chi connectivity index (χ2v) is 8.03. The van der Waals surface area contributed by atoms with E-state index in [1.165, 1.54) is 6.07 Å². The molecule has 170 valence electrons. The number of rotatable bonds is 7. The van der Waals surface area contributed by atoms with Gasteiger partial charge in [0.25, 0.3) is 0 Å². The lowest BCUT2D eigenvalue weighted by molar-refractivity contribution is -0.140. The molecule has 6 nitrogen and oxygen atoms in total. The lowest BCUT2D eigenvalue weighted by Gasteiger charge is -2.25. The van der Waals surface area contributed by atoms with Crippen molar-refractivity contribution in [1.29, 1.82) is 0 Å². The van der Waals surface area contributed by atoms with Crippen molar-refractivity contribution in [2.45, 2.75) is 52.1 Å². The SMILES string of the molecule is CCN(CC)c1ccc(C(F)(F)F)cc1NC(=O)CCN1C(=O)[C@H]2CCCC[C@@H]2C1=O. The third-order valence-corrected chi connectivity index (χ3v) is 6.20. The fourth-order valence-corrected chi connectivity index (χ4v) is 4.53. The molecule has 2 fully saturated rings. The lowest BCUT2D eigenvalue weighted by atomic mass is 9.81. The number of carbonyl (C=O) groups excluding carboxylic acids is 3. The Balaban J connectivity index is 1.72. The summed E-state index contributed by atoms with van der Waals surface area (Å²) in [6, 6.07) is 3.27. The summed E-state index contributed by atoms with van der Waals surface area (Å²) in [6.07, 6.45) is -1.49. The van der Waals surface area contributed by atoms with E-state index in [0.29, 0.717) is 31.6 Å². The average Bonchev–Trinajstić information content (AvgIpc) is 2.98. The fourth-order valence-electron chi connectivity index (χ4n) is 4.53. The zero-order valence-corrected chi connectivity index (χ0v) is 17.8. The molecule has 0 bridgehead atoms. The van der Waals surface area contributed by atoms with E-state index < -0.39 is 17.6 Å². The van der Waals surface area contributed by atoms with Gasteiger partial charge in [-0.25, -0.2) is 0 Å². The van der Waals surface area contributed by atoms with Gasteiger partial charge in [0.05, 0.1) is 28.8 Å². The van der Waals surface area contributed by atoms with Gasteiger partial charge in [-0.3, -0.25) is 19.3 Å². The molecule has 2 aliphatic rings. The zero-order chi connectivity index (χ0) is 22.8. The second-order valence-electron chi connectivity index (χ2n) is 8.03. The normalized spacial score (nSPS) is 21.3. The fraction of sp³-hybridized carbons (Fsp3) is 0.591. The molecule has 3 amide bonds. The van der Waals surface area contributed by atoms with Crippen molar-refractivity contribution in [3.8, 4) is 0 Å². The maximum Gasteiger partial charge on any atom is 0.416 e. The minimum Gasteiger partial charge on any atom is -0.370 e. The molecule has 1 N–H and O–H groups in total. The Morgan fingerprint density at radius 1 is 1.10 bits per heavy atom. The summed E-state index contributed by atoms with van der Waals surface area (Å²) in [7, 11) is 0. The number of halogens is 3. The highest BCUT2D eigenvalue weighted by Crippen LogP contribution is 2.38. The van der Waals surface area contributed by atoms with Gasteiger partial charge in [-0.05, 0) is 44.9 Å². The Morgan fingerprint density at radius 3 is 2.19 bits per heavy atom. The Hall–Kier alpha value is -2.58. The van der Waals surface area contributed by atoms with Crippen LogP contribution in [0.5, 0.6) is 0 Å². The van der Waals surface area contributed by atoms with Gasteiger partial charge in [0, 0.05) is 26.1 Å². The molecule has 31 heavy (non-hydrogen) atoms. The van der Waals surface area contributed by atoms with Crippen molar-refractivity contribution in [3.63, 3.8) is 0 Å². The van der Waals surface area contributed by atoms with Gasteiger partial charge in [0.15, 0.2) is 0 Å². The summed E-state index contributed by atoms with van der Waals surface area (Å²) >= 11 is 0. The number of hydrogen-bond donors (Lipinski definition) is 1. The molecule has 1 heterocycles. The average molecular weight is 439 g/mol. The number of anilines is 2. The molecule has 3 rings (SSSR count). The van der Waals surface area contributed by atoms with Crippen LogP contribution in [-0.4, -0.2) is 42.3 Å². The Bertz CT molecular complexity index is 828. The van der Waals surface area contributed by atoms with Crippen LogP contribution in [-0.2, 0) is 20.6 Å². The van der Waals surface area contributed by atoms with Crippen LogP contribution >= 0.6 is 0 Å². The highest BCUT2D eigenvalue weighted by Gasteiger charge is 2.47. The lowest BCUT2D eigenvalue weighted by Crippen LogP contribution is -2.34. The number of amides is 3. The molecule has 1 aromatic carbocycles. The summed E-state index contributed by atoms with van der Waals surface area (Å²) in [5.41, 5.74) is -0.297. The number of carbonyl (C=O) groups is 3. The van der Waals surface area contributed by atoms with Gasteiger partial charge in [0.2, 0.25) is 17.7 Å². The van der Waals surface area contributed by atoms with E-state index in [2.05, 4.69) is 5.32 Å². The van der Waals surface area contributed by atoms with Crippen molar-refractivity contribution in [3.05, 3.63) is 23.8 Å². The van der Waals surface area contributed by atoms with E-state index >= 15 is 0 Å². The third kappa shape index (κ3) is 4.85. The highest BCUT2D eigenvalue weighted by atomic mass is 19.4. The number of fused-ring (bicyclic) bond motifs is 1. The number of likely N-dealkylation sites (tertiary alicyclic amines) is 1. The summed E-state index contributed by atoms with van der Waals surface area (Å²) in [5.74, 6) is -1.58. The molecule has 0 radical (unpaired) electrons. The molecule has 1 saturated carbocycles. The molecule has 1 saturated heterocycles. The van der Waals surface area contributed by atoms with Gasteiger partial charge < -0.3 is 10.2 Å². The molecule has 2 atom stereocenters. The number of nitrogens with one attached hydrogen (secondary N) is 1. The van der Waals surface area contributed by atoms with E-state index in [0.717, 1.165) is 29.9 Å². The van der Waals surface area contributed by atoms with Gasteiger partial charge >= 0.3 is 6.18 Å². The maximum absolute atomic E-state index is 13.2. The first-order chi connectivity index (χ1) is 14.7. The van der Waals surface area contributed by atoms with E-state index in [9.17, 15) is 27.6 Å². The van der Waals surface area contributed by atoms with Crippen LogP contribution in [0, 0.1) is 11.8 Å². The molecule has 1 aliphatic carbocycles. The first-order valence-electron chi connectivity index (χ1n) is 10.8. The third-order valence-electron chi connectivity index (χ3n) is 6.20. The van der Waals surface area contributed by atoms with Crippen molar-refractivity contribution in [2.75, 3.05) is 29.9 Å². The largest absolute Gasteiger partial charge is 0.416 e. The number of imide groups is 1. The predicted molar refractivity (Wildman–Crippen MR) is 110 cm³/mol. The first-order valence-corrected chi connectivity index (χ1v) is 10.8. The van der Waals surface area contributed by atoms with Crippen LogP contribution in [0.4, 0.5) is 24.5 Å². The van der Waals surface area contributed by atoms with Crippen LogP contribution in [0.1, 0.15) is 51.5 Å². The molecule has 0 unspecified atom stereocenters. The summed E-state index contributed by atoms with van der Waals surface area (Å²) in [4.78, 5) is 40.6. The van der Waals surface area contributed by atoms with Gasteiger partial charge in [-0.15, -0.1) is 0 Å². The number of alkyl halides is 3. The topological polar surface area (TPSA) is 69.7 Å². The smallest absolute Gasteiger partial charge is 0.370 e. The van der Waals surface area contributed by atoms with Crippen LogP contribution in [0.2, 0.25) is 0 Å². The van der Waals surface area contributed by atoms with Gasteiger partial charge in [0.1, 0.15) is 0 Å². The van der Waals surface area contributed by atoms with E-state index in [4.69, 9.17) is 0 Å². The van der Waals surface area contributed by atoms with Crippen molar-refractivity contribution in [2.24, 2.45) is 11.8 Å². The molecule has 1 aromatic rings. The minimum atomic E-state index is -4.54. The molecular weight excluding hydrogens is 411 g/mol. The minimum absolute atomic E-state index is 0.0595. The van der Waals surface area contributed by atoms with Crippen LogP contribution < -0.4 is 10.2 Å². The number of benzene rings is 1. The van der Waals surface area contributed by atoms with Gasteiger partial charge in [-0.2, -0.15) is 13.2 Å². The maximum atomic E-state index is 13.2.